The van der Waals surface area contributed by atoms with E-state index in [1.54, 1.807) is 4.90 Å². The minimum atomic E-state index is -1.33. The molecule has 206 valence electrons. The number of aliphatic hydroxyl groups is 1. The zero-order valence-corrected chi connectivity index (χ0v) is 23.0. The Hall–Kier alpha value is -2.19. The molecule has 2 fully saturated rings. The van der Waals surface area contributed by atoms with Crippen LogP contribution in [0.25, 0.3) is 0 Å². The molecule has 1 spiro atoms. The van der Waals surface area contributed by atoms with E-state index in [0.717, 1.165) is 38.5 Å². The van der Waals surface area contributed by atoms with Crippen LogP contribution < -0.4 is 0 Å². The van der Waals surface area contributed by atoms with Gasteiger partial charge in [0, 0.05) is 12.6 Å². The number of cyclic esters (lactones) is 1. The van der Waals surface area contributed by atoms with Gasteiger partial charge in [-0.15, -0.1) is 0 Å². The van der Waals surface area contributed by atoms with Gasteiger partial charge in [0.05, 0.1) is 30.8 Å². The molecule has 8 heteroatoms. The number of esters is 1. The van der Waals surface area contributed by atoms with E-state index >= 15 is 0 Å². The lowest BCUT2D eigenvalue weighted by Crippen LogP contribution is -2.60. The molecule has 2 amide bonds. The molecule has 8 nitrogen and oxygen atoms in total. The van der Waals surface area contributed by atoms with Crippen molar-refractivity contribution in [1.82, 2.24) is 9.80 Å². The molecule has 0 saturated carbocycles. The van der Waals surface area contributed by atoms with Crippen LogP contribution in [0.5, 0.6) is 0 Å². The lowest BCUT2D eigenvalue weighted by molar-refractivity contribution is -0.163. The molecule has 0 bridgehead atoms. The van der Waals surface area contributed by atoms with Gasteiger partial charge in [0.15, 0.2) is 0 Å². The molecule has 4 aliphatic heterocycles. The van der Waals surface area contributed by atoms with Crippen molar-refractivity contribution >= 4 is 17.8 Å². The number of allylic oxidation sites excluding steroid dienone is 1. The molecule has 4 rings (SSSR count). The van der Waals surface area contributed by atoms with E-state index in [0.29, 0.717) is 13.2 Å². The Balaban J connectivity index is 1.89. The Kier molecular flexibility index (Phi) is 8.19. The SMILES string of the molecule is CCCC(C)N1CC=C[C@]23O[C@]4(C)/C=C\CCCCOC(=O)[C@@H]4[C@H]2C(=O)N([C@@H](CO)[C@@H](C)CC)C3C1=O. The zero-order chi connectivity index (χ0) is 27.0. The second-order valence-corrected chi connectivity index (χ2v) is 11.5. The summed E-state index contributed by atoms with van der Waals surface area (Å²) >= 11 is 0. The number of carbonyl (C=O) groups excluding carboxylic acids is 3. The molecule has 37 heavy (non-hydrogen) atoms. The van der Waals surface area contributed by atoms with Crippen molar-refractivity contribution in [2.75, 3.05) is 19.8 Å². The minimum Gasteiger partial charge on any atom is -0.465 e. The Labute approximate surface area is 221 Å². The van der Waals surface area contributed by atoms with Gasteiger partial charge in [-0.25, -0.2) is 0 Å². The summed E-state index contributed by atoms with van der Waals surface area (Å²) in [4.78, 5) is 45.8. The quantitative estimate of drug-likeness (QED) is 0.412. The first-order chi connectivity index (χ1) is 17.7. The number of aliphatic hydroxyl groups excluding tert-OH is 1. The summed E-state index contributed by atoms with van der Waals surface area (Å²) in [5, 5.41) is 10.5. The second kappa shape index (κ2) is 10.9. The highest BCUT2D eigenvalue weighted by atomic mass is 16.6. The van der Waals surface area contributed by atoms with Crippen molar-refractivity contribution in [3.8, 4) is 0 Å². The number of rotatable bonds is 7. The first kappa shape index (κ1) is 27.8. The summed E-state index contributed by atoms with van der Waals surface area (Å²) in [6, 6.07) is -1.55. The Morgan fingerprint density at radius 2 is 1.84 bits per heavy atom. The van der Waals surface area contributed by atoms with E-state index in [9.17, 15) is 19.5 Å². The van der Waals surface area contributed by atoms with Gasteiger partial charge in [0.1, 0.15) is 17.6 Å². The van der Waals surface area contributed by atoms with E-state index in [2.05, 4.69) is 6.92 Å². The molecule has 4 aliphatic rings. The smallest absolute Gasteiger partial charge is 0.313 e. The maximum Gasteiger partial charge on any atom is 0.313 e. The fraction of sp³-hybridized carbons (Fsp3) is 0.759. The molecule has 0 aromatic heterocycles. The minimum absolute atomic E-state index is 0.0213. The molecule has 0 aromatic carbocycles. The Morgan fingerprint density at radius 3 is 2.51 bits per heavy atom. The average Bonchev–Trinajstić information content (AvgIpc) is 3.19. The number of likely N-dealkylation sites (tertiary alicyclic amines) is 1. The van der Waals surface area contributed by atoms with Crippen LogP contribution >= 0.6 is 0 Å². The van der Waals surface area contributed by atoms with E-state index < -0.39 is 41.1 Å². The summed E-state index contributed by atoms with van der Waals surface area (Å²) in [5.41, 5.74) is -2.43. The van der Waals surface area contributed by atoms with Gasteiger partial charge in [-0.1, -0.05) is 57.9 Å². The van der Waals surface area contributed by atoms with Crippen LogP contribution in [0.4, 0.5) is 0 Å². The van der Waals surface area contributed by atoms with E-state index in [-0.39, 0.29) is 30.4 Å². The molecular formula is C29H44N2O6. The number of hydrogen-bond donors (Lipinski definition) is 1. The normalized spacial score (nSPS) is 37.2. The Morgan fingerprint density at radius 1 is 1.08 bits per heavy atom. The maximum atomic E-state index is 14.4. The monoisotopic (exact) mass is 516 g/mol. The molecule has 2 unspecified atom stereocenters. The largest absolute Gasteiger partial charge is 0.465 e. The van der Waals surface area contributed by atoms with E-state index in [1.165, 1.54) is 0 Å². The highest BCUT2D eigenvalue weighted by Gasteiger charge is 2.75. The third-order valence-electron chi connectivity index (χ3n) is 9.05. The predicted octanol–water partition coefficient (Wildman–Crippen LogP) is 3.23. The lowest BCUT2D eigenvalue weighted by atomic mass is 9.74. The summed E-state index contributed by atoms with van der Waals surface area (Å²) in [6.45, 7) is 10.4. The van der Waals surface area contributed by atoms with Gasteiger partial charge >= 0.3 is 5.97 Å². The highest BCUT2D eigenvalue weighted by molar-refractivity contribution is 5.99. The average molecular weight is 517 g/mol. The summed E-state index contributed by atoms with van der Waals surface area (Å²) in [7, 11) is 0. The summed E-state index contributed by atoms with van der Waals surface area (Å²) < 4.78 is 12.5. The number of ether oxygens (including phenoxy) is 2. The van der Waals surface area contributed by atoms with Crippen molar-refractivity contribution in [2.24, 2.45) is 17.8 Å². The van der Waals surface area contributed by atoms with Crippen LogP contribution in [0, 0.1) is 17.8 Å². The zero-order valence-electron chi connectivity index (χ0n) is 23.0. The van der Waals surface area contributed by atoms with Crippen LogP contribution in [0.15, 0.2) is 24.3 Å². The molecule has 2 saturated heterocycles. The molecule has 1 N–H and O–H groups in total. The number of fused-ring (bicyclic) bond motifs is 2. The number of hydrogen-bond acceptors (Lipinski definition) is 6. The van der Waals surface area contributed by atoms with Gasteiger partial charge in [-0.05, 0) is 45.4 Å². The van der Waals surface area contributed by atoms with Crippen molar-refractivity contribution in [3.05, 3.63) is 24.3 Å². The molecule has 0 radical (unpaired) electrons. The second-order valence-electron chi connectivity index (χ2n) is 11.5. The Bertz CT molecular complexity index is 949. The third-order valence-corrected chi connectivity index (χ3v) is 9.05. The van der Waals surface area contributed by atoms with Gasteiger partial charge in [-0.2, -0.15) is 0 Å². The summed E-state index contributed by atoms with van der Waals surface area (Å²) in [6.07, 6.45) is 12.7. The fourth-order valence-corrected chi connectivity index (χ4v) is 6.90. The van der Waals surface area contributed by atoms with Crippen molar-refractivity contribution < 1.29 is 29.0 Å². The molecule has 4 heterocycles. The summed E-state index contributed by atoms with van der Waals surface area (Å²) in [5.74, 6) is -2.82. The van der Waals surface area contributed by atoms with Crippen LogP contribution in [0.1, 0.15) is 73.1 Å². The maximum absolute atomic E-state index is 14.4. The van der Waals surface area contributed by atoms with E-state index in [4.69, 9.17) is 9.47 Å². The van der Waals surface area contributed by atoms with Gasteiger partial charge in [0.2, 0.25) is 11.8 Å². The van der Waals surface area contributed by atoms with Crippen LogP contribution in [-0.4, -0.2) is 81.8 Å². The van der Waals surface area contributed by atoms with E-state index in [1.807, 2.05) is 56.9 Å². The predicted molar refractivity (Wildman–Crippen MR) is 139 cm³/mol. The van der Waals surface area contributed by atoms with Gasteiger partial charge in [-0.3, -0.25) is 14.4 Å². The molecular weight excluding hydrogens is 472 g/mol. The third kappa shape index (κ3) is 4.54. The first-order valence-corrected chi connectivity index (χ1v) is 14.1. The first-order valence-electron chi connectivity index (χ1n) is 14.1. The molecule has 8 atom stereocenters. The standard InChI is InChI=1S/C29H44N2O6/c1-6-13-20(4)30-16-12-15-29-22(23-27(35)36-17-11-9-8-10-14-28(23,5)37-29)25(33)31(24(29)26(30)34)21(18-32)19(3)7-2/h10,12,14-15,19-24,32H,6-9,11,13,16-18H2,1-5H3/b14-10-/t19-,20?,21-,22-,23-,24?,28+,29-/m0/s1. The molecule has 0 aromatic rings. The highest BCUT2D eigenvalue weighted by Crippen LogP contribution is 2.57. The number of amides is 2. The van der Waals surface area contributed by atoms with Crippen molar-refractivity contribution in [1.29, 1.82) is 0 Å². The molecule has 0 aliphatic carbocycles. The van der Waals surface area contributed by atoms with Gasteiger partial charge in [0.25, 0.3) is 0 Å². The number of nitrogens with zero attached hydrogens (tertiary/aromatic N) is 2. The van der Waals surface area contributed by atoms with Crippen molar-refractivity contribution in [2.45, 2.75) is 102 Å². The number of carbonyl (C=O) groups is 3. The topological polar surface area (TPSA) is 96.4 Å². The van der Waals surface area contributed by atoms with Crippen LogP contribution in [-0.2, 0) is 23.9 Å². The van der Waals surface area contributed by atoms with Crippen molar-refractivity contribution in [3.63, 3.8) is 0 Å². The van der Waals surface area contributed by atoms with Crippen LogP contribution in [0.3, 0.4) is 0 Å². The fourth-order valence-electron chi connectivity index (χ4n) is 6.90. The lowest BCUT2D eigenvalue weighted by Gasteiger charge is -2.42. The van der Waals surface area contributed by atoms with Gasteiger partial charge < -0.3 is 24.4 Å². The van der Waals surface area contributed by atoms with Crippen LogP contribution in [0.2, 0.25) is 0 Å².